The van der Waals surface area contributed by atoms with Crippen LogP contribution in [0.15, 0.2) is 24.3 Å². The SMILES string of the molecule is O=C(COC(=O)CN1C(=O)[C@@H]2CC=CC[C@H]2C1=O)Nc1ccc(F)c(F)c1F. The maximum Gasteiger partial charge on any atom is 0.326 e. The van der Waals surface area contributed by atoms with Crippen LogP contribution in [0.2, 0.25) is 0 Å². The molecule has 1 aromatic carbocycles. The van der Waals surface area contributed by atoms with Gasteiger partial charge in [-0.1, -0.05) is 12.2 Å². The number of carbonyl (C=O) groups is 4. The number of allylic oxidation sites excluding steroid dienone is 2. The number of likely N-dealkylation sites (tertiary alicyclic amines) is 1. The molecule has 0 unspecified atom stereocenters. The first kappa shape index (κ1) is 19.6. The summed E-state index contributed by atoms with van der Waals surface area (Å²) in [5.74, 6) is -8.70. The van der Waals surface area contributed by atoms with Crippen molar-refractivity contribution in [1.29, 1.82) is 0 Å². The number of imide groups is 1. The summed E-state index contributed by atoms with van der Waals surface area (Å²) in [6, 6.07) is 1.43. The van der Waals surface area contributed by atoms with E-state index in [1.807, 2.05) is 5.32 Å². The molecular formula is C18H15F3N2O5. The van der Waals surface area contributed by atoms with E-state index in [-0.39, 0.29) is 0 Å². The van der Waals surface area contributed by atoms with Gasteiger partial charge in [-0.3, -0.25) is 24.1 Å². The zero-order valence-corrected chi connectivity index (χ0v) is 14.4. The molecule has 148 valence electrons. The van der Waals surface area contributed by atoms with Gasteiger partial charge in [-0.05, 0) is 25.0 Å². The Balaban J connectivity index is 1.52. The lowest BCUT2D eigenvalue weighted by atomic mass is 9.85. The summed E-state index contributed by atoms with van der Waals surface area (Å²) in [7, 11) is 0. The molecule has 1 saturated heterocycles. The lowest BCUT2D eigenvalue weighted by Crippen LogP contribution is -2.37. The number of fused-ring (bicyclic) bond motifs is 1. The van der Waals surface area contributed by atoms with Crippen LogP contribution in [0.25, 0.3) is 0 Å². The van der Waals surface area contributed by atoms with Gasteiger partial charge in [0.25, 0.3) is 5.91 Å². The highest BCUT2D eigenvalue weighted by Gasteiger charge is 2.47. The van der Waals surface area contributed by atoms with Crippen LogP contribution in [-0.4, -0.2) is 41.7 Å². The second-order valence-corrected chi connectivity index (χ2v) is 6.35. The van der Waals surface area contributed by atoms with Crippen molar-refractivity contribution in [1.82, 2.24) is 4.90 Å². The maximum absolute atomic E-state index is 13.5. The largest absolute Gasteiger partial charge is 0.454 e. The summed E-state index contributed by atoms with van der Waals surface area (Å²) < 4.78 is 44.2. The molecule has 3 amide bonds. The van der Waals surface area contributed by atoms with Gasteiger partial charge in [0.1, 0.15) is 6.54 Å². The number of hydrogen-bond donors (Lipinski definition) is 1. The fraction of sp³-hybridized carbons (Fsp3) is 0.333. The number of anilines is 1. The summed E-state index contributed by atoms with van der Waals surface area (Å²) in [5.41, 5.74) is -0.624. The topological polar surface area (TPSA) is 92.8 Å². The molecule has 1 aliphatic heterocycles. The van der Waals surface area contributed by atoms with Crippen LogP contribution < -0.4 is 5.32 Å². The fourth-order valence-corrected chi connectivity index (χ4v) is 3.15. The maximum atomic E-state index is 13.5. The summed E-state index contributed by atoms with van der Waals surface area (Å²) in [4.78, 5) is 48.9. The van der Waals surface area contributed by atoms with Crippen molar-refractivity contribution in [2.24, 2.45) is 11.8 Å². The third kappa shape index (κ3) is 3.75. The van der Waals surface area contributed by atoms with Gasteiger partial charge in [-0.15, -0.1) is 0 Å². The van der Waals surface area contributed by atoms with Crippen molar-refractivity contribution < 1.29 is 37.1 Å². The predicted octanol–water partition coefficient (Wildman–Crippen LogP) is 1.54. The van der Waals surface area contributed by atoms with Crippen molar-refractivity contribution in [3.63, 3.8) is 0 Å². The molecule has 3 rings (SSSR count). The second kappa shape index (κ2) is 7.83. The summed E-state index contributed by atoms with van der Waals surface area (Å²) in [6.07, 6.45) is 4.44. The monoisotopic (exact) mass is 396 g/mol. The van der Waals surface area contributed by atoms with Gasteiger partial charge in [0, 0.05) is 0 Å². The van der Waals surface area contributed by atoms with E-state index in [9.17, 15) is 32.3 Å². The van der Waals surface area contributed by atoms with Crippen molar-refractivity contribution in [2.75, 3.05) is 18.5 Å². The molecule has 10 heteroatoms. The molecule has 2 atom stereocenters. The van der Waals surface area contributed by atoms with Crippen LogP contribution in [0.5, 0.6) is 0 Å². The first-order valence-corrected chi connectivity index (χ1v) is 8.38. The van der Waals surface area contributed by atoms with Gasteiger partial charge in [0.2, 0.25) is 11.8 Å². The molecule has 0 bridgehead atoms. The highest BCUT2D eigenvalue weighted by atomic mass is 19.2. The van der Waals surface area contributed by atoms with Crippen molar-refractivity contribution in [3.8, 4) is 0 Å². The van der Waals surface area contributed by atoms with E-state index in [1.165, 1.54) is 0 Å². The highest BCUT2D eigenvalue weighted by molar-refractivity contribution is 6.07. The Morgan fingerprint density at radius 3 is 2.25 bits per heavy atom. The number of nitrogens with one attached hydrogen (secondary N) is 1. The van der Waals surface area contributed by atoms with E-state index in [2.05, 4.69) is 4.74 Å². The minimum absolute atomic E-state index is 0.420. The lowest BCUT2D eigenvalue weighted by Gasteiger charge is -2.14. The summed E-state index contributed by atoms with van der Waals surface area (Å²) >= 11 is 0. The quantitative estimate of drug-likeness (QED) is 0.353. The van der Waals surface area contributed by atoms with Crippen LogP contribution in [-0.2, 0) is 23.9 Å². The van der Waals surface area contributed by atoms with Crippen molar-refractivity contribution in [2.45, 2.75) is 12.8 Å². The summed E-state index contributed by atoms with van der Waals surface area (Å²) in [5, 5.41) is 1.93. The van der Waals surface area contributed by atoms with E-state index >= 15 is 0 Å². The molecule has 1 N–H and O–H groups in total. The van der Waals surface area contributed by atoms with Crippen LogP contribution in [0.1, 0.15) is 12.8 Å². The molecule has 0 aromatic heterocycles. The van der Waals surface area contributed by atoms with Gasteiger partial charge in [-0.2, -0.15) is 0 Å². The third-order valence-corrected chi connectivity index (χ3v) is 4.56. The smallest absolute Gasteiger partial charge is 0.326 e. The lowest BCUT2D eigenvalue weighted by molar-refractivity contribution is -0.154. The van der Waals surface area contributed by atoms with Crippen LogP contribution >= 0.6 is 0 Å². The second-order valence-electron chi connectivity index (χ2n) is 6.35. The van der Waals surface area contributed by atoms with Crippen molar-refractivity contribution >= 4 is 29.4 Å². The van der Waals surface area contributed by atoms with E-state index < -0.39 is 71.8 Å². The number of carbonyl (C=O) groups excluding carboxylic acids is 4. The fourth-order valence-electron chi connectivity index (χ4n) is 3.15. The molecule has 0 saturated carbocycles. The average Bonchev–Trinajstić information content (AvgIpc) is 2.92. The Labute approximate surface area is 157 Å². The Bertz CT molecular complexity index is 860. The Hall–Kier alpha value is -3.17. The van der Waals surface area contributed by atoms with Crippen LogP contribution in [0, 0.1) is 29.3 Å². The molecule has 1 fully saturated rings. The molecule has 28 heavy (non-hydrogen) atoms. The van der Waals surface area contributed by atoms with Gasteiger partial charge in [0.05, 0.1) is 17.5 Å². The Kier molecular flexibility index (Phi) is 5.48. The molecule has 1 heterocycles. The number of ether oxygens (including phenoxy) is 1. The van der Waals surface area contributed by atoms with Gasteiger partial charge >= 0.3 is 5.97 Å². The molecule has 0 radical (unpaired) electrons. The molecule has 7 nitrogen and oxygen atoms in total. The van der Waals surface area contributed by atoms with E-state index in [0.29, 0.717) is 18.9 Å². The predicted molar refractivity (Wildman–Crippen MR) is 88.0 cm³/mol. The first-order valence-electron chi connectivity index (χ1n) is 8.38. The van der Waals surface area contributed by atoms with Crippen LogP contribution in [0.3, 0.4) is 0 Å². The standard InChI is InChI=1S/C18H15F3N2O5/c19-11-5-6-12(16(21)15(11)20)22-13(24)8-28-14(25)7-23-17(26)9-3-1-2-4-10(9)18(23)27/h1-2,5-6,9-10H,3-4,7-8H2,(H,22,24)/t9-,10-/m1/s1. The number of amides is 3. The highest BCUT2D eigenvalue weighted by Crippen LogP contribution is 2.34. The number of rotatable bonds is 5. The number of hydrogen-bond acceptors (Lipinski definition) is 5. The molecule has 1 aromatic rings. The molecule has 1 aliphatic carbocycles. The van der Waals surface area contributed by atoms with E-state index in [0.717, 1.165) is 11.0 Å². The van der Waals surface area contributed by atoms with E-state index in [4.69, 9.17) is 0 Å². The average molecular weight is 396 g/mol. The van der Waals surface area contributed by atoms with Gasteiger partial charge < -0.3 is 10.1 Å². The van der Waals surface area contributed by atoms with Gasteiger partial charge in [-0.25, -0.2) is 13.2 Å². The van der Waals surface area contributed by atoms with Crippen molar-refractivity contribution in [3.05, 3.63) is 41.7 Å². The third-order valence-electron chi connectivity index (χ3n) is 4.56. The zero-order chi connectivity index (χ0) is 20.4. The van der Waals surface area contributed by atoms with Crippen LogP contribution in [0.4, 0.5) is 18.9 Å². The number of esters is 1. The Morgan fingerprint density at radius 2 is 1.64 bits per heavy atom. The number of nitrogens with zero attached hydrogens (tertiary/aromatic N) is 1. The molecule has 0 spiro atoms. The van der Waals surface area contributed by atoms with Gasteiger partial charge in [0.15, 0.2) is 24.1 Å². The zero-order valence-electron chi connectivity index (χ0n) is 14.4. The van der Waals surface area contributed by atoms with E-state index in [1.54, 1.807) is 12.2 Å². The Morgan fingerprint density at radius 1 is 1.04 bits per heavy atom. The minimum atomic E-state index is -1.75. The first-order chi connectivity index (χ1) is 13.3. The molecular weight excluding hydrogens is 381 g/mol. The number of halogens is 3. The summed E-state index contributed by atoms with van der Waals surface area (Å²) in [6.45, 7) is -1.50. The molecule has 2 aliphatic rings. The normalized spacial score (nSPS) is 20.9. The number of benzene rings is 1. The minimum Gasteiger partial charge on any atom is -0.454 e.